The lowest BCUT2D eigenvalue weighted by molar-refractivity contribution is -0.116. The van der Waals surface area contributed by atoms with Gasteiger partial charge >= 0.3 is 0 Å². The number of benzene rings is 1. The molecule has 1 amide bonds. The Labute approximate surface area is 150 Å². The number of nitrogens with zero attached hydrogens (tertiary/aromatic N) is 1. The molecule has 1 fully saturated rings. The van der Waals surface area contributed by atoms with Gasteiger partial charge in [0.25, 0.3) is 0 Å². The maximum atomic E-state index is 12.0. The van der Waals surface area contributed by atoms with Crippen LogP contribution in [0.1, 0.15) is 23.3 Å². The molecule has 1 unspecified atom stereocenters. The van der Waals surface area contributed by atoms with Crippen LogP contribution in [0.15, 0.2) is 30.5 Å². The van der Waals surface area contributed by atoms with Crippen LogP contribution >= 0.6 is 22.9 Å². The molecule has 0 spiro atoms. The van der Waals surface area contributed by atoms with E-state index in [1.165, 1.54) is 11.3 Å². The first-order valence-corrected chi connectivity index (χ1v) is 10.6. The van der Waals surface area contributed by atoms with Crippen molar-refractivity contribution in [2.75, 3.05) is 16.8 Å². The van der Waals surface area contributed by atoms with Gasteiger partial charge in [0, 0.05) is 28.9 Å². The predicted molar refractivity (Wildman–Crippen MR) is 96.4 cm³/mol. The number of carbonyl (C=O) groups excluding carboxylic acids is 1. The summed E-state index contributed by atoms with van der Waals surface area (Å²) in [5.74, 6) is 0.0218. The highest BCUT2D eigenvalue weighted by Gasteiger charge is 2.29. The highest BCUT2D eigenvalue weighted by molar-refractivity contribution is 7.91. The fourth-order valence-corrected chi connectivity index (χ4v) is 5.66. The van der Waals surface area contributed by atoms with Crippen LogP contribution in [0, 0.1) is 5.92 Å². The third-order valence-corrected chi connectivity index (χ3v) is 7.04. The van der Waals surface area contributed by atoms with Crippen molar-refractivity contribution >= 4 is 43.8 Å². The number of aromatic nitrogens is 1. The quantitative estimate of drug-likeness (QED) is 0.859. The smallest absolute Gasteiger partial charge is 0.226 e. The first-order valence-electron chi connectivity index (χ1n) is 7.60. The zero-order chi connectivity index (χ0) is 17.2. The Morgan fingerprint density at radius 1 is 1.38 bits per heavy atom. The molecule has 0 radical (unpaired) electrons. The van der Waals surface area contributed by atoms with Crippen molar-refractivity contribution in [2.45, 2.75) is 19.3 Å². The maximum absolute atomic E-state index is 12.0. The second-order valence-electron chi connectivity index (χ2n) is 5.92. The highest BCUT2D eigenvalue weighted by Crippen LogP contribution is 2.26. The van der Waals surface area contributed by atoms with Crippen LogP contribution in [0.5, 0.6) is 0 Å². The fourth-order valence-electron chi connectivity index (χ4n) is 2.74. The van der Waals surface area contributed by atoms with Gasteiger partial charge in [-0.3, -0.25) is 4.79 Å². The van der Waals surface area contributed by atoms with E-state index in [4.69, 9.17) is 11.6 Å². The van der Waals surface area contributed by atoms with E-state index < -0.39 is 9.84 Å². The molecule has 0 bridgehead atoms. The summed E-state index contributed by atoms with van der Waals surface area (Å²) < 4.78 is 22.9. The summed E-state index contributed by atoms with van der Waals surface area (Å²) in [4.78, 5) is 17.3. The molecule has 1 aromatic heterocycles. The van der Waals surface area contributed by atoms with E-state index in [-0.39, 0.29) is 29.8 Å². The van der Waals surface area contributed by atoms with Crippen molar-refractivity contribution < 1.29 is 13.2 Å². The molecule has 1 aliphatic rings. The summed E-state index contributed by atoms with van der Waals surface area (Å²) in [6, 6.07) is 7.62. The molecule has 1 saturated heterocycles. The van der Waals surface area contributed by atoms with Gasteiger partial charge in [0.05, 0.1) is 11.5 Å². The predicted octanol–water partition coefficient (Wildman–Crippen LogP) is 3.15. The van der Waals surface area contributed by atoms with Gasteiger partial charge in [0.15, 0.2) is 15.0 Å². The molecule has 1 aromatic carbocycles. The SMILES string of the molecule is O=C(CC1CCS(=O)(=O)C1)Nc1ncc(Cc2ccccc2Cl)s1. The molecular formula is C16H17ClN2O3S2. The van der Waals surface area contributed by atoms with E-state index in [0.29, 0.717) is 23.0 Å². The lowest BCUT2D eigenvalue weighted by Gasteiger charge is -2.06. The number of rotatable bonds is 5. The van der Waals surface area contributed by atoms with Crippen molar-refractivity contribution in [2.24, 2.45) is 5.92 Å². The van der Waals surface area contributed by atoms with E-state index in [1.54, 1.807) is 6.20 Å². The molecule has 8 heteroatoms. The number of carbonyl (C=O) groups is 1. The number of thiazole rings is 1. The van der Waals surface area contributed by atoms with Gasteiger partial charge in [0.2, 0.25) is 5.91 Å². The Hall–Kier alpha value is -1.44. The van der Waals surface area contributed by atoms with E-state index in [2.05, 4.69) is 10.3 Å². The zero-order valence-electron chi connectivity index (χ0n) is 12.9. The Balaban J connectivity index is 1.56. The first kappa shape index (κ1) is 17.4. The Morgan fingerprint density at radius 3 is 2.88 bits per heavy atom. The minimum absolute atomic E-state index is 0.0856. The minimum atomic E-state index is -2.95. The average Bonchev–Trinajstić information content (AvgIpc) is 3.07. The molecule has 5 nitrogen and oxygen atoms in total. The minimum Gasteiger partial charge on any atom is -0.302 e. The number of hydrogen-bond acceptors (Lipinski definition) is 5. The van der Waals surface area contributed by atoms with E-state index in [1.807, 2.05) is 24.3 Å². The van der Waals surface area contributed by atoms with Gasteiger partial charge in [-0.25, -0.2) is 13.4 Å². The van der Waals surface area contributed by atoms with Crippen LogP contribution in [-0.4, -0.2) is 30.8 Å². The third kappa shape index (κ3) is 4.55. The molecule has 0 aliphatic carbocycles. The molecule has 128 valence electrons. The van der Waals surface area contributed by atoms with Crippen molar-refractivity contribution in [3.05, 3.63) is 45.9 Å². The van der Waals surface area contributed by atoms with E-state index in [9.17, 15) is 13.2 Å². The summed E-state index contributed by atoms with van der Waals surface area (Å²) in [6.07, 6.45) is 3.17. The Bertz CT molecular complexity index is 849. The van der Waals surface area contributed by atoms with Crippen LogP contribution in [0.3, 0.4) is 0 Å². The van der Waals surface area contributed by atoms with Crippen molar-refractivity contribution in [1.29, 1.82) is 0 Å². The van der Waals surface area contributed by atoms with Gasteiger partial charge in [-0.15, -0.1) is 11.3 Å². The molecule has 1 atom stereocenters. The molecule has 1 aliphatic heterocycles. The molecule has 2 aromatic rings. The monoisotopic (exact) mass is 384 g/mol. The third-order valence-electron chi connectivity index (χ3n) is 3.92. The molecule has 2 heterocycles. The van der Waals surface area contributed by atoms with Crippen molar-refractivity contribution in [3.63, 3.8) is 0 Å². The number of nitrogens with one attached hydrogen (secondary N) is 1. The largest absolute Gasteiger partial charge is 0.302 e. The Morgan fingerprint density at radius 2 is 2.17 bits per heavy atom. The van der Waals surface area contributed by atoms with Gasteiger partial charge in [-0.2, -0.15) is 0 Å². The van der Waals surface area contributed by atoms with Gasteiger partial charge < -0.3 is 5.32 Å². The molecule has 0 saturated carbocycles. The molecule has 24 heavy (non-hydrogen) atoms. The molecule has 3 rings (SSSR count). The van der Waals surface area contributed by atoms with Gasteiger partial charge in [0.1, 0.15) is 0 Å². The zero-order valence-corrected chi connectivity index (χ0v) is 15.3. The normalized spacial score (nSPS) is 19.3. The van der Waals surface area contributed by atoms with Crippen LogP contribution < -0.4 is 5.32 Å². The average molecular weight is 385 g/mol. The summed E-state index contributed by atoms with van der Waals surface area (Å²) in [7, 11) is -2.95. The molecule has 1 N–H and O–H groups in total. The second kappa shape index (κ2) is 7.21. The second-order valence-corrected chi connectivity index (χ2v) is 9.67. The van der Waals surface area contributed by atoms with E-state index in [0.717, 1.165) is 10.4 Å². The van der Waals surface area contributed by atoms with Crippen molar-refractivity contribution in [1.82, 2.24) is 4.98 Å². The lowest BCUT2D eigenvalue weighted by atomic mass is 10.1. The van der Waals surface area contributed by atoms with E-state index >= 15 is 0 Å². The van der Waals surface area contributed by atoms with Crippen LogP contribution in [-0.2, 0) is 21.1 Å². The summed E-state index contributed by atoms with van der Waals surface area (Å²) in [5.41, 5.74) is 1.01. The van der Waals surface area contributed by atoms with Crippen LogP contribution in [0.25, 0.3) is 0 Å². The van der Waals surface area contributed by atoms with Gasteiger partial charge in [-0.05, 0) is 24.0 Å². The fraction of sp³-hybridized carbons (Fsp3) is 0.375. The van der Waals surface area contributed by atoms with Crippen molar-refractivity contribution in [3.8, 4) is 0 Å². The van der Waals surface area contributed by atoms with Crippen LogP contribution in [0.2, 0.25) is 5.02 Å². The number of amides is 1. The number of sulfone groups is 1. The van der Waals surface area contributed by atoms with Crippen LogP contribution in [0.4, 0.5) is 5.13 Å². The first-order chi connectivity index (χ1) is 11.4. The number of anilines is 1. The summed E-state index contributed by atoms with van der Waals surface area (Å²) in [5, 5.41) is 4.00. The highest BCUT2D eigenvalue weighted by atomic mass is 35.5. The number of halogens is 1. The summed E-state index contributed by atoms with van der Waals surface area (Å²) in [6.45, 7) is 0. The maximum Gasteiger partial charge on any atom is 0.226 e. The lowest BCUT2D eigenvalue weighted by Crippen LogP contribution is -2.17. The Kier molecular flexibility index (Phi) is 5.22. The number of hydrogen-bond donors (Lipinski definition) is 1. The topological polar surface area (TPSA) is 76.1 Å². The molecular weight excluding hydrogens is 368 g/mol. The summed E-state index contributed by atoms with van der Waals surface area (Å²) >= 11 is 7.55. The van der Waals surface area contributed by atoms with Gasteiger partial charge in [-0.1, -0.05) is 29.8 Å². The standard InChI is InChI=1S/C16H17ClN2O3S2/c17-14-4-2-1-3-12(14)8-13-9-18-16(23-13)19-15(20)7-11-5-6-24(21,22)10-11/h1-4,9,11H,5-8,10H2,(H,18,19,20).